The monoisotopic (exact) mass is 251 g/mol. The maximum absolute atomic E-state index is 11.6. The van der Waals surface area contributed by atoms with E-state index < -0.39 is 6.03 Å². The number of hydrogen-bond donors (Lipinski definition) is 2. The van der Waals surface area contributed by atoms with Gasteiger partial charge in [-0.3, -0.25) is 15.0 Å². The molecule has 0 aliphatic heterocycles. The molecule has 0 saturated heterocycles. The standard InChI is InChI=1S/C12H17N3O3/c1-13-12(17)14-11(16)8-15(9-4-5-9)7-10-3-2-6-18-10/h2-3,6,9H,4-5,7-8H2,1H3,(H2,13,14,16,17). The predicted octanol–water partition coefficient (Wildman–Crippen LogP) is 0.700. The molecule has 1 saturated carbocycles. The first-order chi connectivity index (χ1) is 8.69. The molecule has 1 aromatic heterocycles. The van der Waals surface area contributed by atoms with Gasteiger partial charge in [-0.2, -0.15) is 0 Å². The second-order valence-corrected chi connectivity index (χ2v) is 4.34. The first kappa shape index (κ1) is 12.6. The molecule has 2 rings (SSSR count). The van der Waals surface area contributed by atoms with Gasteiger partial charge in [0, 0.05) is 13.1 Å². The summed E-state index contributed by atoms with van der Waals surface area (Å²) in [5, 5.41) is 4.61. The Morgan fingerprint density at radius 1 is 1.50 bits per heavy atom. The number of nitrogens with one attached hydrogen (secondary N) is 2. The molecule has 0 spiro atoms. The van der Waals surface area contributed by atoms with Crippen LogP contribution in [0.5, 0.6) is 0 Å². The van der Waals surface area contributed by atoms with Crippen molar-refractivity contribution in [3.63, 3.8) is 0 Å². The summed E-state index contributed by atoms with van der Waals surface area (Å²) in [4.78, 5) is 24.7. The van der Waals surface area contributed by atoms with E-state index in [0.717, 1.165) is 18.6 Å². The Morgan fingerprint density at radius 3 is 2.83 bits per heavy atom. The molecule has 0 atom stereocenters. The molecule has 98 valence electrons. The highest BCUT2D eigenvalue weighted by atomic mass is 16.3. The summed E-state index contributed by atoms with van der Waals surface area (Å²) >= 11 is 0. The molecule has 1 aliphatic carbocycles. The minimum Gasteiger partial charge on any atom is -0.468 e. The Morgan fingerprint density at radius 2 is 2.28 bits per heavy atom. The Bertz CT molecular complexity index is 412. The van der Waals surface area contributed by atoms with Crippen molar-refractivity contribution in [1.29, 1.82) is 0 Å². The van der Waals surface area contributed by atoms with Crippen LogP contribution >= 0.6 is 0 Å². The summed E-state index contributed by atoms with van der Waals surface area (Å²) in [5.41, 5.74) is 0. The van der Waals surface area contributed by atoms with E-state index in [1.54, 1.807) is 6.26 Å². The SMILES string of the molecule is CNC(=O)NC(=O)CN(Cc1ccco1)C1CC1. The average molecular weight is 251 g/mol. The summed E-state index contributed by atoms with van der Waals surface area (Å²) in [6.45, 7) is 0.803. The van der Waals surface area contributed by atoms with Gasteiger partial charge in [0.2, 0.25) is 5.91 Å². The number of nitrogens with zero attached hydrogens (tertiary/aromatic N) is 1. The minimum absolute atomic E-state index is 0.207. The van der Waals surface area contributed by atoms with Crippen LogP contribution < -0.4 is 10.6 Å². The highest BCUT2D eigenvalue weighted by molar-refractivity contribution is 5.95. The second-order valence-electron chi connectivity index (χ2n) is 4.34. The number of hydrogen-bond acceptors (Lipinski definition) is 4. The third-order valence-electron chi connectivity index (χ3n) is 2.83. The van der Waals surface area contributed by atoms with Crippen LogP contribution in [0.4, 0.5) is 4.79 Å². The van der Waals surface area contributed by atoms with Gasteiger partial charge >= 0.3 is 6.03 Å². The third kappa shape index (κ3) is 3.59. The summed E-state index contributed by atoms with van der Waals surface area (Å²) in [7, 11) is 1.48. The zero-order chi connectivity index (χ0) is 13.0. The van der Waals surface area contributed by atoms with Gasteiger partial charge in [0.05, 0.1) is 19.4 Å². The van der Waals surface area contributed by atoms with Crippen molar-refractivity contribution in [3.05, 3.63) is 24.2 Å². The fourth-order valence-corrected chi connectivity index (χ4v) is 1.77. The van der Waals surface area contributed by atoms with Crippen LogP contribution in [0, 0.1) is 0 Å². The molecule has 0 aromatic carbocycles. The van der Waals surface area contributed by atoms with Crippen LogP contribution in [-0.2, 0) is 11.3 Å². The van der Waals surface area contributed by atoms with Crippen molar-refractivity contribution >= 4 is 11.9 Å². The molecular weight excluding hydrogens is 234 g/mol. The summed E-state index contributed by atoms with van der Waals surface area (Å²) in [6.07, 6.45) is 3.80. The van der Waals surface area contributed by atoms with Gasteiger partial charge < -0.3 is 9.73 Å². The van der Waals surface area contributed by atoms with Crippen LogP contribution in [-0.4, -0.2) is 36.5 Å². The van der Waals surface area contributed by atoms with E-state index in [9.17, 15) is 9.59 Å². The molecule has 6 nitrogen and oxygen atoms in total. The van der Waals surface area contributed by atoms with Crippen molar-refractivity contribution < 1.29 is 14.0 Å². The highest BCUT2D eigenvalue weighted by Crippen LogP contribution is 2.28. The molecule has 0 unspecified atom stereocenters. The lowest BCUT2D eigenvalue weighted by Crippen LogP contribution is -2.43. The molecule has 3 amide bonds. The number of carbonyl (C=O) groups is 2. The molecule has 1 heterocycles. The Hall–Kier alpha value is -1.82. The highest BCUT2D eigenvalue weighted by Gasteiger charge is 2.31. The zero-order valence-corrected chi connectivity index (χ0v) is 10.3. The quantitative estimate of drug-likeness (QED) is 0.807. The fourth-order valence-electron chi connectivity index (χ4n) is 1.77. The van der Waals surface area contributed by atoms with E-state index in [4.69, 9.17) is 4.42 Å². The molecule has 18 heavy (non-hydrogen) atoms. The first-order valence-corrected chi connectivity index (χ1v) is 5.97. The summed E-state index contributed by atoms with van der Waals surface area (Å²) < 4.78 is 5.27. The van der Waals surface area contributed by atoms with Crippen LogP contribution in [0.1, 0.15) is 18.6 Å². The molecule has 1 aromatic rings. The number of imide groups is 1. The van der Waals surface area contributed by atoms with Crippen LogP contribution in [0.15, 0.2) is 22.8 Å². The van der Waals surface area contributed by atoms with E-state index in [2.05, 4.69) is 10.6 Å². The normalized spacial score (nSPS) is 14.6. The lowest BCUT2D eigenvalue weighted by molar-refractivity contribution is -0.121. The van der Waals surface area contributed by atoms with Crippen LogP contribution in [0.3, 0.4) is 0 Å². The fraction of sp³-hybridized carbons (Fsp3) is 0.500. The molecule has 2 N–H and O–H groups in total. The van der Waals surface area contributed by atoms with Gasteiger partial charge in [0.1, 0.15) is 5.76 Å². The number of rotatable bonds is 5. The van der Waals surface area contributed by atoms with Crippen molar-refractivity contribution in [2.75, 3.05) is 13.6 Å². The van der Waals surface area contributed by atoms with Gasteiger partial charge in [0.25, 0.3) is 0 Å². The van der Waals surface area contributed by atoms with E-state index >= 15 is 0 Å². The Labute approximate surface area is 105 Å². The molecular formula is C12H17N3O3. The van der Waals surface area contributed by atoms with Crippen molar-refractivity contribution in [2.24, 2.45) is 0 Å². The summed E-state index contributed by atoms with van der Waals surface area (Å²) in [6, 6.07) is 3.65. The number of urea groups is 1. The van der Waals surface area contributed by atoms with Gasteiger partial charge in [-0.25, -0.2) is 4.79 Å². The number of amides is 3. The molecule has 0 bridgehead atoms. The van der Waals surface area contributed by atoms with Gasteiger partial charge in [-0.15, -0.1) is 0 Å². The second kappa shape index (κ2) is 5.68. The van der Waals surface area contributed by atoms with E-state index in [1.165, 1.54) is 7.05 Å². The first-order valence-electron chi connectivity index (χ1n) is 5.97. The van der Waals surface area contributed by atoms with Crippen LogP contribution in [0.25, 0.3) is 0 Å². The molecule has 1 fully saturated rings. The van der Waals surface area contributed by atoms with Crippen molar-refractivity contribution in [1.82, 2.24) is 15.5 Å². The summed E-state index contributed by atoms with van der Waals surface area (Å²) in [5.74, 6) is 0.530. The maximum Gasteiger partial charge on any atom is 0.321 e. The Balaban J connectivity index is 1.86. The smallest absolute Gasteiger partial charge is 0.321 e. The lowest BCUT2D eigenvalue weighted by atomic mass is 10.3. The van der Waals surface area contributed by atoms with Gasteiger partial charge in [0.15, 0.2) is 0 Å². The largest absolute Gasteiger partial charge is 0.468 e. The minimum atomic E-state index is -0.478. The number of carbonyl (C=O) groups excluding carboxylic acids is 2. The van der Waals surface area contributed by atoms with Gasteiger partial charge in [-0.05, 0) is 25.0 Å². The maximum atomic E-state index is 11.6. The molecule has 6 heteroatoms. The molecule has 0 radical (unpaired) electrons. The zero-order valence-electron chi connectivity index (χ0n) is 10.3. The third-order valence-corrected chi connectivity index (χ3v) is 2.83. The topological polar surface area (TPSA) is 74.6 Å². The molecule has 1 aliphatic rings. The predicted molar refractivity (Wildman–Crippen MR) is 64.7 cm³/mol. The van der Waals surface area contributed by atoms with Gasteiger partial charge in [-0.1, -0.05) is 0 Å². The Kier molecular flexibility index (Phi) is 3.99. The van der Waals surface area contributed by atoms with E-state index in [-0.39, 0.29) is 12.5 Å². The van der Waals surface area contributed by atoms with E-state index in [1.807, 2.05) is 17.0 Å². The average Bonchev–Trinajstić information content (AvgIpc) is 3.07. The lowest BCUT2D eigenvalue weighted by Gasteiger charge is -2.19. The van der Waals surface area contributed by atoms with E-state index in [0.29, 0.717) is 12.6 Å². The van der Waals surface area contributed by atoms with Crippen molar-refractivity contribution in [3.8, 4) is 0 Å². The van der Waals surface area contributed by atoms with Crippen LogP contribution in [0.2, 0.25) is 0 Å². The number of furan rings is 1. The van der Waals surface area contributed by atoms with Crippen molar-refractivity contribution in [2.45, 2.75) is 25.4 Å².